The summed E-state index contributed by atoms with van der Waals surface area (Å²) in [7, 11) is -1.53. The number of ether oxygens (including phenoxy) is 1. The Labute approximate surface area is 134 Å². The van der Waals surface area contributed by atoms with E-state index < -0.39 is 8.07 Å². The van der Waals surface area contributed by atoms with Gasteiger partial charge in [0.2, 0.25) is 0 Å². The Balaban J connectivity index is 3.02. The van der Waals surface area contributed by atoms with E-state index in [1.807, 2.05) is 6.92 Å². The van der Waals surface area contributed by atoms with Crippen molar-refractivity contribution in [3.05, 3.63) is 11.3 Å². The molecule has 120 valence electrons. The smallest absolute Gasteiger partial charge is 0.331 e. The van der Waals surface area contributed by atoms with Gasteiger partial charge in [-0.05, 0) is 23.3 Å². The normalized spacial score (nSPS) is 21.6. The lowest BCUT2D eigenvalue weighted by Gasteiger charge is -2.34. The van der Waals surface area contributed by atoms with E-state index in [-0.39, 0.29) is 12.0 Å². The van der Waals surface area contributed by atoms with Gasteiger partial charge in [0.05, 0.1) is 19.7 Å². The fourth-order valence-electron chi connectivity index (χ4n) is 1.98. The van der Waals surface area contributed by atoms with Gasteiger partial charge in [0.15, 0.2) is 6.04 Å². The first kappa shape index (κ1) is 18.5. The molecule has 0 saturated carbocycles. The number of nitrogens with zero attached hydrogens (tertiary/aromatic N) is 1. The highest BCUT2D eigenvalue weighted by atomic mass is 32.2. The number of thioether (sulfide) groups is 1. The third-order valence-electron chi connectivity index (χ3n) is 4.27. The van der Waals surface area contributed by atoms with Gasteiger partial charge in [-0.25, -0.2) is 4.79 Å². The molecule has 1 atom stereocenters. The molecule has 1 aliphatic rings. The first-order valence-corrected chi connectivity index (χ1v) is 11.8. The summed E-state index contributed by atoms with van der Waals surface area (Å²) in [6, 6.07) is -0.338. The van der Waals surface area contributed by atoms with Crippen molar-refractivity contribution in [1.29, 1.82) is 0 Å². The predicted octanol–water partition coefficient (Wildman–Crippen LogP) is 4.45. The zero-order valence-electron chi connectivity index (χ0n) is 14.4. The minimum absolute atomic E-state index is 0.190. The Hall–Kier alpha value is -0.553. The van der Waals surface area contributed by atoms with Crippen molar-refractivity contribution >= 4 is 30.8 Å². The van der Waals surface area contributed by atoms with Crippen LogP contribution >= 0.6 is 11.8 Å². The van der Waals surface area contributed by atoms with Gasteiger partial charge in [0.25, 0.3) is 0 Å². The first-order chi connectivity index (χ1) is 9.62. The van der Waals surface area contributed by atoms with Crippen LogP contribution in [0.5, 0.6) is 0 Å². The highest BCUT2D eigenvalue weighted by molar-refractivity contribution is 8.14. The van der Waals surface area contributed by atoms with Gasteiger partial charge in [0.1, 0.15) is 0 Å². The lowest BCUT2D eigenvalue weighted by molar-refractivity contribution is -0.144. The Morgan fingerprint density at radius 1 is 1.43 bits per heavy atom. The van der Waals surface area contributed by atoms with Crippen LogP contribution in [0.1, 0.15) is 41.0 Å². The molecule has 0 aromatic carbocycles. The van der Waals surface area contributed by atoms with E-state index in [0.29, 0.717) is 18.1 Å². The number of carbonyl (C=O) groups is 1. The van der Waals surface area contributed by atoms with Gasteiger partial charge in [-0.3, -0.25) is 4.99 Å². The molecule has 0 aromatic heterocycles. The van der Waals surface area contributed by atoms with E-state index >= 15 is 0 Å². The molecule has 0 bridgehead atoms. The molecule has 0 fully saturated rings. The summed E-state index contributed by atoms with van der Waals surface area (Å²) >= 11 is 1.73. The van der Waals surface area contributed by atoms with Gasteiger partial charge in [-0.1, -0.05) is 46.5 Å². The maximum absolute atomic E-state index is 11.9. The third-order valence-corrected chi connectivity index (χ3v) is 10.1. The van der Waals surface area contributed by atoms with Crippen LogP contribution in [0.25, 0.3) is 0 Å². The number of aliphatic imine (C=N–C) groups is 1. The second-order valence-electron chi connectivity index (χ2n) is 6.98. The van der Waals surface area contributed by atoms with E-state index in [2.05, 4.69) is 51.5 Å². The van der Waals surface area contributed by atoms with Gasteiger partial charge in [0, 0.05) is 6.42 Å². The predicted molar refractivity (Wildman–Crippen MR) is 95.9 cm³/mol. The Morgan fingerprint density at radius 3 is 2.52 bits per heavy atom. The van der Waals surface area contributed by atoms with E-state index in [1.165, 1.54) is 5.57 Å². The molecule has 1 aliphatic heterocycles. The minimum atomic E-state index is -1.53. The molecule has 1 heterocycles. The first-order valence-electron chi connectivity index (χ1n) is 7.71. The second-order valence-corrected chi connectivity index (χ2v) is 13.5. The Kier molecular flexibility index (Phi) is 6.29. The lowest BCUT2D eigenvalue weighted by atomic mass is 10.2. The van der Waals surface area contributed by atoms with Crippen molar-refractivity contribution in [3.8, 4) is 0 Å². The minimum Gasteiger partial charge on any atom is -0.464 e. The highest BCUT2D eigenvalue weighted by Crippen LogP contribution is 2.39. The van der Waals surface area contributed by atoms with Crippen LogP contribution in [-0.2, 0) is 9.53 Å². The van der Waals surface area contributed by atoms with Crippen molar-refractivity contribution in [2.75, 3.05) is 12.4 Å². The SMILES string of the molecule is CCOC(=O)C1C/C(=C\[Si](C)(C)C(C)(C)C)C(SCC)=N1. The van der Waals surface area contributed by atoms with Crippen LogP contribution < -0.4 is 0 Å². The summed E-state index contributed by atoms with van der Waals surface area (Å²) in [6.45, 7) is 16.0. The van der Waals surface area contributed by atoms with E-state index in [1.54, 1.807) is 11.8 Å². The molecule has 0 saturated heterocycles. The molecular weight excluding hydrogens is 298 g/mol. The van der Waals surface area contributed by atoms with Crippen molar-refractivity contribution in [3.63, 3.8) is 0 Å². The summed E-state index contributed by atoms with van der Waals surface area (Å²) in [4.78, 5) is 16.6. The molecule has 0 radical (unpaired) electrons. The van der Waals surface area contributed by atoms with Gasteiger partial charge < -0.3 is 4.74 Å². The van der Waals surface area contributed by atoms with Crippen LogP contribution in [0.15, 0.2) is 16.3 Å². The fraction of sp³-hybridized carbons (Fsp3) is 0.750. The maximum atomic E-state index is 11.9. The fourth-order valence-corrected chi connectivity index (χ4v) is 4.45. The van der Waals surface area contributed by atoms with Gasteiger partial charge in [-0.2, -0.15) is 0 Å². The summed E-state index contributed by atoms with van der Waals surface area (Å²) in [5.41, 5.74) is 3.69. The molecule has 3 nitrogen and oxygen atoms in total. The molecule has 0 aliphatic carbocycles. The van der Waals surface area contributed by atoms with Crippen molar-refractivity contribution in [2.45, 2.75) is 65.2 Å². The van der Waals surface area contributed by atoms with Crippen LogP contribution in [0.2, 0.25) is 18.1 Å². The van der Waals surface area contributed by atoms with Gasteiger partial charge >= 0.3 is 5.97 Å². The molecule has 21 heavy (non-hydrogen) atoms. The van der Waals surface area contributed by atoms with E-state index in [4.69, 9.17) is 4.74 Å². The molecule has 0 N–H and O–H groups in total. The summed E-state index contributed by atoms with van der Waals surface area (Å²) in [6.07, 6.45) is 0.702. The van der Waals surface area contributed by atoms with Gasteiger partial charge in [-0.15, -0.1) is 11.8 Å². The van der Waals surface area contributed by atoms with Crippen LogP contribution in [0.4, 0.5) is 0 Å². The summed E-state index contributed by atoms with van der Waals surface area (Å²) < 4.78 is 5.13. The zero-order valence-corrected chi connectivity index (χ0v) is 16.3. The zero-order chi connectivity index (χ0) is 16.3. The third kappa shape index (κ3) is 4.71. The Morgan fingerprint density at radius 2 is 2.05 bits per heavy atom. The number of carbonyl (C=O) groups excluding carboxylic acids is 1. The maximum Gasteiger partial charge on any atom is 0.331 e. The number of hydrogen-bond acceptors (Lipinski definition) is 4. The van der Waals surface area contributed by atoms with Crippen LogP contribution in [0, 0.1) is 0 Å². The van der Waals surface area contributed by atoms with Crippen molar-refractivity contribution in [2.24, 2.45) is 4.99 Å². The topological polar surface area (TPSA) is 38.7 Å². The van der Waals surface area contributed by atoms with E-state index in [9.17, 15) is 4.79 Å². The average molecular weight is 328 g/mol. The average Bonchev–Trinajstić information content (AvgIpc) is 2.71. The van der Waals surface area contributed by atoms with Crippen molar-refractivity contribution < 1.29 is 9.53 Å². The largest absolute Gasteiger partial charge is 0.464 e. The monoisotopic (exact) mass is 327 g/mol. The standard InChI is InChI=1S/C16H29NO2SSi/c1-8-19-15(18)13-10-12(14(17-13)20-9-2)11-21(6,7)16(3,4)5/h11,13H,8-10H2,1-7H3/b12-11+. The molecule has 1 rings (SSSR count). The van der Waals surface area contributed by atoms with Crippen LogP contribution in [0.3, 0.4) is 0 Å². The number of hydrogen-bond donors (Lipinski definition) is 0. The Bertz CT molecular complexity index is 450. The molecule has 0 amide bonds. The molecule has 0 spiro atoms. The van der Waals surface area contributed by atoms with Crippen LogP contribution in [-0.4, -0.2) is 37.5 Å². The lowest BCUT2D eigenvalue weighted by Crippen LogP contribution is -2.35. The molecule has 5 heteroatoms. The second kappa shape index (κ2) is 7.14. The number of rotatable bonds is 4. The van der Waals surface area contributed by atoms with Crippen molar-refractivity contribution in [1.82, 2.24) is 0 Å². The molecule has 0 aromatic rings. The quantitative estimate of drug-likeness (QED) is 0.566. The van der Waals surface area contributed by atoms with E-state index in [0.717, 1.165) is 10.8 Å². The molecular formula is C16H29NO2SSi. The molecule has 1 unspecified atom stereocenters. The number of esters is 1. The summed E-state index contributed by atoms with van der Waals surface area (Å²) in [5, 5.41) is 1.34. The summed E-state index contributed by atoms with van der Waals surface area (Å²) in [5.74, 6) is 0.786. The highest BCUT2D eigenvalue weighted by Gasteiger charge is 2.36.